The summed E-state index contributed by atoms with van der Waals surface area (Å²) in [6.07, 6.45) is 0. The third kappa shape index (κ3) is 4.47. The SMILES string of the molecule is CC(=O)N(CC(=O)N1CCN(c2cccc(C)c2)CC1)c1ccc(F)c(F)c1. The molecule has 5 nitrogen and oxygen atoms in total. The molecule has 0 radical (unpaired) electrons. The molecule has 1 saturated heterocycles. The zero-order chi connectivity index (χ0) is 20.3. The first kappa shape index (κ1) is 19.8. The van der Waals surface area contributed by atoms with Gasteiger partial charge in [-0.2, -0.15) is 0 Å². The van der Waals surface area contributed by atoms with Gasteiger partial charge < -0.3 is 14.7 Å². The predicted molar refractivity (Wildman–Crippen MR) is 104 cm³/mol. The fourth-order valence-corrected chi connectivity index (χ4v) is 3.31. The topological polar surface area (TPSA) is 43.9 Å². The van der Waals surface area contributed by atoms with Crippen molar-refractivity contribution >= 4 is 23.2 Å². The number of aryl methyl sites for hydroxylation is 1. The number of piperazine rings is 1. The molecule has 0 N–H and O–H groups in total. The molecule has 1 heterocycles. The van der Waals surface area contributed by atoms with E-state index in [1.54, 1.807) is 4.90 Å². The molecule has 1 aliphatic rings. The summed E-state index contributed by atoms with van der Waals surface area (Å²) in [5, 5.41) is 0. The normalized spacial score (nSPS) is 14.1. The van der Waals surface area contributed by atoms with Crippen molar-refractivity contribution in [2.24, 2.45) is 0 Å². The van der Waals surface area contributed by atoms with Crippen LogP contribution < -0.4 is 9.80 Å². The molecule has 1 fully saturated rings. The van der Waals surface area contributed by atoms with Crippen LogP contribution in [0.4, 0.5) is 20.2 Å². The average Bonchev–Trinajstić information content (AvgIpc) is 2.68. The van der Waals surface area contributed by atoms with Crippen LogP contribution in [0.2, 0.25) is 0 Å². The molecule has 0 bridgehead atoms. The van der Waals surface area contributed by atoms with Gasteiger partial charge in [0, 0.05) is 50.5 Å². The molecule has 3 rings (SSSR count). The number of hydrogen-bond acceptors (Lipinski definition) is 3. The second-order valence-corrected chi connectivity index (χ2v) is 6.91. The van der Waals surface area contributed by atoms with E-state index in [9.17, 15) is 18.4 Å². The first-order valence-electron chi connectivity index (χ1n) is 9.17. The summed E-state index contributed by atoms with van der Waals surface area (Å²) in [4.78, 5) is 29.7. The molecule has 0 saturated carbocycles. The molecular formula is C21H23F2N3O2. The third-order valence-electron chi connectivity index (χ3n) is 4.89. The van der Waals surface area contributed by atoms with Crippen molar-refractivity contribution in [1.82, 2.24) is 4.90 Å². The van der Waals surface area contributed by atoms with E-state index < -0.39 is 17.5 Å². The van der Waals surface area contributed by atoms with E-state index in [-0.39, 0.29) is 18.1 Å². The molecule has 0 aliphatic carbocycles. The second-order valence-electron chi connectivity index (χ2n) is 6.91. The van der Waals surface area contributed by atoms with Crippen LogP contribution in [0.25, 0.3) is 0 Å². The van der Waals surface area contributed by atoms with Crippen LogP contribution in [0, 0.1) is 18.6 Å². The zero-order valence-electron chi connectivity index (χ0n) is 16.0. The van der Waals surface area contributed by atoms with Crippen LogP contribution in [0.15, 0.2) is 42.5 Å². The van der Waals surface area contributed by atoms with Crippen LogP contribution in [0.1, 0.15) is 12.5 Å². The Kier molecular flexibility index (Phi) is 5.92. The molecule has 2 aromatic carbocycles. The van der Waals surface area contributed by atoms with Crippen molar-refractivity contribution in [2.45, 2.75) is 13.8 Å². The van der Waals surface area contributed by atoms with Crippen molar-refractivity contribution in [3.8, 4) is 0 Å². The highest BCUT2D eigenvalue weighted by Crippen LogP contribution is 2.20. The van der Waals surface area contributed by atoms with Gasteiger partial charge in [0.2, 0.25) is 11.8 Å². The summed E-state index contributed by atoms with van der Waals surface area (Å²) in [6, 6.07) is 11.4. The standard InChI is InChI=1S/C21H23F2N3O2/c1-15-4-3-5-17(12-15)24-8-10-25(11-9-24)21(28)14-26(16(2)27)18-6-7-19(22)20(23)13-18/h3-7,12-13H,8-11,14H2,1-2H3. The summed E-state index contributed by atoms with van der Waals surface area (Å²) < 4.78 is 26.7. The molecule has 0 unspecified atom stereocenters. The van der Waals surface area contributed by atoms with Gasteiger partial charge in [-0.25, -0.2) is 8.78 Å². The molecule has 2 amide bonds. The highest BCUT2D eigenvalue weighted by Gasteiger charge is 2.25. The van der Waals surface area contributed by atoms with Crippen molar-refractivity contribution in [1.29, 1.82) is 0 Å². The molecule has 1 aliphatic heterocycles. The number of benzene rings is 2. The Morgan fingerprint density at radius 3 is 2.32 bits per heavy atom. The van der Waals surface area contributed by atoms with Crippen LogP contribution in [0.5, 0.6) is 0 Å². The number of amides is 2. The third-order valence-corrected chi connectivity index (χ3v) is 4.89. The lowest BCUT2D eigenvalue weighted by atomic mass is 10.2. The molecule has 0 atom stereocenters. The zero-order valence-corrected chi connectivity index (χ0v) is 16.0. The summed E-state index contributed by atoms with van der Waals surface area (Å²) in [5.74, 6) is -2.67. The molecule has 7 heteroatoms. The predicted octanol–water partition coefficient (Wildman–Crippen LogP) is 2.97. The number of anilines is 2. The van der Waals surface area contributed by atoms with Crippen LogP contribution in [0.3, 0.4) is 0 Å². The summed E-state index contributed by atoms with van der Waals surface area (Å²) in [5.41, 5.74) is 2.47. The largest absolute Gasteiger partial charge is 0.368 e. The summed E-state index contributed by atoms with van der Waals surface area (Å²) in [7, 11) is 0. The van der Waals surface area contributed by atoms with E-state index in [2.05, 4.69) is 11.0 Å². The van der Waals surface area contributed by atoms with Crippen molar-refractivity contribution in [2.75, 3.05) is 42.5 Å². The minimum Gasteiger partial charge on any atom is -0.368 e. The minimum atomic E-state index is -1.05. The monoisotopic (exact) mass is 387 g/mol. The highest BCUT2D eigenvalue weighted by molar-refractivity contribution is 5.97. The van der Waals surface area contributed by atoms with Gasteiger partial charge in [-0.1, -0.05) is 12.1 Å². The molecular weight excluding hydrogens is 364 g/mol. The van der Waals surface area contributed by atoms with E-state index in [1.165, 1.54) is 18.6 Å². The van der Waals surface area contributed by atoms with Gasteiger partial charge in [-0.3, -0.25) is 9.59 Å². The maximum atomic E-state index is 13.5. The molecule has 0 aromatic heterocycles. The van der Waals surface area contributed by atoms with Gasteiger partial charge in [-0.05, 0) is 36.8 Å². The second kappa shape index (κ2) is 8.37. The molecule has 28 heavy (non-hydrogen) atoms. The Morgan fingerprint density at radius 2 is 1.71 bits per heavy atom. The highest BCUT2D eigenvalue weighted by atomic mass is 19.2. The van der Waals surface area contributed by atoms with E-state index in [4.69, 9.17) is 0 Å². The van der Waals surface area contributed by atoms with Crippen molar-refractivity contribution in [3.63, 3.8) is 0 Å². The van der Waals surface area contributed by atoms with Gasteiger partial charge in [0.05, 0.1) is 0 Å². The Morgan fingerprint density at radius 1 is 1.00 bits per heavy atom. The number of carbonyl (C=O) groups is 2. The van der Waals surface area contributed by atoms with Gasteiger partial charge in [0.1, 0.15) is 6.54 Å². The number of rotatable bonds is 4. The molecule has 2 aromatic rings. The van der Waals surface area contributed by atoms with Crippen LogP contribution in [-0.4, -0.2) is 49.4 Å². The fourth-order valence-electron chi connectivity index (χ4n) is 3.31. The number of nitrogens with zero attached hydrogens (tertiary/aromatic N) is 3. The van der Waals surface area contributed by atoms with Crippen LogP contribution in [-0.2, 0) is 9.59 Å². The van der Waals surface area contributed by atoms with E-state index >= 15 is 0 Å². The Hall–Kier alpha value is -2.96. The maximum Gasteiger partial charge on any atom is 0.242 e. The van der Waals surface area contributed by atoms with E-state index in [0.29, 0.717) is 26.2 Å². The lowest BCUT2D eigenvalue weighted by Crippen LogP contribution is -2.51. The molecule has 148 valence electrons. The average molecular weight is 387 g/mol. The van der Waals surface area contributed by atoms with Crippen molar-refractivity contribution < 1.29 is 18.4 Å². The van der Waals surface area contributed by atoms with Crippen molar-refractivity contribution in [3.05, 3.63) is 59.7 Å². The Bertz CT molecular complexity index is 880. The fraction of sp³-hybridized carbons (Fsp3) is 0.333. The smallest absolute Gasteiger partial charge is 0.242 e. The maximum absolute atomic E-state index is 13.5. The number of carbonyl (C=O) groups excluding carboxylic acids is 2. The Balaban J connectivity index is 1.63. The minimum absolute atomic E-state index is 0.165. The lowest BCUT2D eigenvalue weighted by Gasteiger charge is -2.37. The number of halogens is 2. The summed E-state index contributed by atoms with van der Waals surface area (Å²) in [6.45, 7) is 5.60. The quantitative estimate of drug-likeness (QED) is 0.810. The van der Waals surface area contributed by atoms with E-state index in [1.807, 2.05) is 25.1 Å². The van der Waals surface area contributed by atoms with Gasteiger partial charge in [0.15, 0.2) is 11.6 Å². The van der Waals surface area contributed by atoms with Crippen LogP contribution >= 0.6 is 0 Å². The number of hydrogen-bond donors (Lipinski definition) is 0. The lowest BCUT2D eigenvalue weighted by molar-refractivity contribution is -0.131. The molecule has 0 spiro atoms. The van der Waals surface area contributed by atoms with E-state index in [0.717, 1.165) is 22.7 Å². The first-order valence-corrected chi connectivity index (χ1v) is 9.17. The van der Waals surface area contributed by atoms with Gasteiger partial charge >= 0.3 is 0 Å². The Labute approximate surface area is 163 Å². The van der Waals surface area contributed by atoms with Gasteiger partial charge in [0.25, 0.3) is 0 Å². The first-order chi connectivity index (χ1) is 13.3. The van der Waals surface area contributed by atoms with Gasteiger partial charge in [-0.15, -0.1) is 0 Å². The summed E-state index contributed by atoms with van der Waals surface area (Å²) >= 11 is 0.